The quantitative estimate of drug-likeness (QED) is 0.690. The number of nitriles is 1. The summed E-state index contributed by atoms with van der Waals surface area (Å²) in [5.74, 6) is -0.273. The van der Waals surface area contributed by atoms with Crippen molar-refractivity contribution in [2.75, 3.05) is 26.7 Å². The third kappa shape index (κ3) is 4.57. The lowest BCUT2D eigenvalue weighted by molar-refractivity contribution is -0.141. The highest BCUT2D eigenvalue weighted by molar-refractivity contribution is 5.69. The van der Waals surface area contributed by atoms with Crippen LogP contribution >= 0.6 is 0 Å². The predicted molar refractivity (Wildman–Crippen MR) is 82.8 cm³/mol. The van der Waals surface area contributed by atoms with E-state index in [9.17, 15) is 10.1 Å². The Kier molecular flexibility index (Phi) is 6.90. The van der Waals surface area contributed by atoms with Crippen molar-refractivity contribution in [2.45, 2.75) is 32.1 Å². The molecule has 0 amide bonds. The summed E-state index contributed by atoms with van der Waals surface area (Å²) in [6.07, 6.45) is 0.719. The minimum Gasteiger partial charge on any atom is -0.469 e. The normalized spacial score (nSPS) is 13.5. The number of nitrogens with zero attached hydrogens (tertiary/aromatic N) is 2. The summed E-state index contributed by atoms with van der Waals surface area (Å²) in [6, 6.07) is 12.2. The van der Waals surface area contributed by atoms with E-state index in [0.717, 1.165) is 18.7 Å². The number of carbonyl (C=O) groups is 1. The van der Waals surface area contributed by atoms with Crippen molar-refractivity contribution in [2.24, 2.45) is 0 Å². The van der Waals surface area contributed by atoms with Crippen molar-refractivity contribution < 1.29 is 9.53 Å². The molecule has 21 heavy (non-hydrogen) atoms. The highest BCUT2D eigenvalue weighted by atomic mass is 16.5. The van der Waals surface area contributed by atoms with Crippen LogP contribution in [0.3, 0.4) is 0 Å². The van der Waals surface area contributed by atoms with Gasteiger partial charge in [-0.2, -0.15) is 5.26 Å². The third-order valence-electron chi connectivity index (χ3n) is 3.91. The Morgan fingerprint density at radius 1 is 1.29 bits per heavy atom. The number of rotatable bonds is 8. The van der Waals surface area contributed by atoms with E-state index in [1.165, 1.54) is 7.11 Å². The molecule has 0 aliphatic carbocycles. The molecule has 0 N–H and O–H groups in total. The first-order valence-corrected chi connectivity index (χ1v) is 7.37. The Hall–Kier alpha value is -1.86. The molecule has 0 aromatic heterocycles. The van der Waals surface area contributed by atoms with Gasteiger partial charge in [0.1, 0.15) is 0 Å². The minimum atomic E-state index is -0.679. The topological polar surface area (TPSA) is 53.3 Å². The Balaban J connectivity index is 3.07. The van der Waals surface area contributed by atoms with Gasteiger partial charge in [-0.3, -0.25) is 4.79 Å². The number of methoxy groups -OCH3 is 1. The van der Waals surface area contributed by atoms with Gasteiger partial charge in [0, 0.05) is 13.0 Å². The smallest absolute Gasteiger partial charge is 0.305 e. The molecule has 0 saturated heterocycles. The van der Waals surface area contributed by atoms with Crippen molar-refractivity contribution >= 4 is 5.97 Å². The van der Waals surface area contributed by atoms with E-state index in [4.69, 9.17) is 4.74 Å². The lowest BCUT2D eigenvalue weighted by atomic mass is 9.77. The van der Waals surface area contributed by atoms with E-state index in [0.29, 0.717) is 13.0 Å². The van der Waals surface area contributed by atoms with Crippen LogP contribution in [0.15, 0.2) is 30.3 Å². The number of carbonyl (C=O) groups excluding carboxylic acids is 1. The van der Waals surface area contributed by atoms with Crippen LogP contribution in [-0.2, 0) is 14.9 Å². The largest absolute Gasteiger partial charge is 0.469 e. The molecule has 0 spiro atoms. The molecule has 1 unspecified atom stereocenters. The molecule has 4 nitrogen and oxygen atoms in total. The molecule has 1 aromatic rings. The highest BCUT2D eigenvalue weighted by Crippen LogP contribution is 2.30. The van der Waals surface area contributed by atoms with Gasteiger partial charge in [-0.15, -0.1) is 0 Å². The van der Waals surface area contributed by atoms with Crippen LogP contribution in [0.2, 0.25) is 0 Å². The van der Waals surface area contributed by atoms with E-state index in [-0.39, 0.29) is 12.4 Å². The molecule has 0 radical (unpaired) electrons. The fourth-order valence-corrected chi connectivity index (χ4v) is 2.47. The van der Waals surface area contributed by atoms with Crippen molar-refractivity contribution in [1.82, 2.24) is 4.90 Å². The van der Waals surface area contributed by atoms with Crippen molar-refractivity contribution in [3.05, 3.63) is 35.9 Å². The SMILES string of the molecule is CCN(CC)CC(C#N)(CCC(=O)OC)c1ccccc1. The molecular weight excluding hydrogens is 264 g/mol. The molecule has 1 rings (SSSR count). The van der Waals surface area contributed by atoms with Gasteiger partial charge in [0.05, 0.1) is 18.6 Å². The zero-order chi connectivity index (χ0) is 15.7. The van der Waals surface area contributed by atoms with Gasteiger partial charge in [0.25, 0.3) is 0 Å². The average molecular weight is 288 g/mol. The van der Waals surface area contributed by atoms with E-state index in [1.54, 1.807) is 0 Å². The van der Waals surface area contributed by atoms with Crippen molar-refractivity contribution in [1.29, 1.82) is 5.26 Å². The first-order valence-electron chi connectivity index (χ1n) is 7.37. The first-order chi connectivity index (χ1) is 10.1. The average Bonchev–Trinajstić information content (AvgIpc) is 2.56. The molecule has 0 aliphatic heterocycles. The lowest BCUT2D eigenvalue weighted by Crippen LogP contribution is -2.40. The fourth-order valence-electron chi connectivity index (χ4n) is 2.47. The van der Waals surface area contributed by atoms with Crippen LogP contribution in [0.4, 0.5) is 0 Å². The van der Waals surface area contributed by atoms with Gasteiger partial charge in [-0.25, -0.2) is 0 Å². The summed E-state index contributed by atoms with van der Waals surface area (Å²) < 4.78 is 4.72. The predicted octanol–water partition coefficient (Wildman–Crippen LogP) is 2.74. The Morgan fingerprint density at radius 2 is 1.90 bits per heavy atom. The van der Waals surface area contributed by atoms with Gasteiger partial charge >= 0.3 is 5.97 Å². The second-order valence-electron chi connectivity index (χ2n) is 5.10. The third-order valence-corrected chi connectivity index (χ3v) is 3.91. The maximum atomic E-state index is 11.5. The van der Waals surface area contributed by atoms with E-state index in [1.807, 2.05) is 30.3 Å². The lowest BCUT2D eigenvalue weighted by Gasteiger charge is -2.32. The number of benzene rings is 1. The van der Waals surface area contributed by atoms with Gasteiger partial charge in [0.15, 0.2) is 0 Å². The Morgan fingerprint density at radius 3 is 2.38 bits per heavy atom. The molecule has 1 atom stereocenters. The van der Waals surface area contributed by atoms with Crippen LogP contribution in [0.5, 0.6) is 0 Å². The van der Waals surface area contributed by atoms with Crippen molar-refractivity contribution in [3.63, 3.8) is 0 Å². The maximum absolute atomic E-state index is 11.5. The monoisotopic (exact) mass is 288 g/mol. The van der Waals surface area contributed by atoms with Gasteiger partial charge < -0.3 is 9.64 Å². The van der Waals surface area contributed by atoms with Crippen LogP contribution in [0.1, 0.15) is 32.3 Å². The summed E-state index contributed by atoms with van der Waals surface area (Å²) in [7, 11) is 1.38. The van der Waals surface area contributed by atoms with Gasteiger partial charge in [0.2, 0.25) is 0 Å². The standard InChI is InChI=1S/C17H24N2O2/c1-4-19(5-2)14-17(13-18,12-11-16(20)21-3)15-9-7-6-8-10-15/h6-10H,4-5,11-12,14H2,1-3H3. The highest BCUT2D eigenvalue weighted by Gasteiger charge is 2.34. The fraction of sp³-hybridized carbons (Fsp3) is 0.529. The van der Waals surface area contributed by atoms with Crippen molar-refractivity contribution in [3.8, 4) is 6.07 Å². The molecule has 1 aromatic carbocycles. The number of likely N-dealkylation sites (N-methyl/N-ethyl adjacent to an activating group) is 1. The Bertz CT molecular complexity index is 477. The summed E-state index contributed by atoms with van der Waals surface area (Å²) in [5, 5.41) is 9.83. The Labute approximate surface area is 127 Å². The second kappa shape index (κ2) is 8.43. The first kappa shape index (κ1) is 17.2. The summed E-state index contributed by atoms with van der Waals surface area (Å²) in [6.45, 7) is 6.54. The van der Waals surface area contributed by atoms with Crippen LogP contribution in [0, 0.1) is 11.3 Å². The number of hydrogen-bond acceptors (Lipinski definition) is 4. The molecule has 0 bridgehead atoms. The minimum absolute atomic E-state index is 0.250. The molecule has 0 heterocycles. The number of ether oxygens (including phenoxy) is 1. The molecule has 0 fully saturated rings. The van der Waals surface area contributed by atoms with Gasteiger partial charge in [-0.05, 0) is 25.1 Å². The van der Waals surface area contributed by atoms with Gasteiger partial charge in [-0.1, -0.05) is 44.2 Å². The maximum Gasteiger partial charge on any atom is 0.305 e. The molecular formula is C17H24N2O2. The summed E-state index contributed by atoms with van der Waals surface area (Å²) in [5.41, 5.74) is 0.282. The van der Waals surface area contributed by atoms with E-state index >= 15 is 0 Å². The molecule has 0 saturated carbocycles. The number of esters is 1. The second-order valence-corrected chi connectivity index (χ2v) is 5.10. The van der Waals surface area contributed by atoms with E-state index in [2.05, 4.69) is 24.8 Å². The summed E-state index contributed by atoms with van der Waals surface area (Å²) in [4.78, 5) is 13.7. The zero-order valence-corrected chi connectivity index (χ0v) is 13.1. The molecule has 4 heteroatoms. The van der Waals surface area contributed by atoms with E-state index < -0.39 is 5.41 Å². The number of hydrogen-bond donors (Lipinski definition) is 0. The van der Waals surface area contributed by atoms with Crippen LogP contribution < -0.4 is 0 Å². The van der Waals surface area contributed by atoms with Crippen LogP contribution in [-0.4, -0.2) is 37.6 Å². The summed E-state index contributed by atoms with van der Waals surface area (Å²) >= 11 is 0. The zero-order valence-electron chi connectivity index (χ0n) is 13.1. The molecule has 0 aliphatic rings. The molecule has 114 valence electrons. The van der Waals surface area contributed by atoms with Crippen LogP contribution in [0.25, 0.3) is 0 Å².